The van der Waals surface area contributed by atoms with Crippen molar-refractivity contribution in [1.29, 1.82) is 5.26 Å². The molecule has 0 spiro atoms. The molecule has 0 heterocycles. The Morgan fingerprint density at radius 1 is 1.00 bits per heavy atom. The summed E-state index contributed by atoms with van der Waals surface area (Å²) in [5.74, 6) is -0.394. The van der Waals surface area contributed by atoms with E-state index in [4.69, 9.17) is 5.26 Å². The summed E-state index contributed by atoms with van der Waals surface area (Å²) < 4.78 is 0. The van der Waals surface area contributed by atoms with Crippen molar-refractivity contribution < 1.29 is 9.59 Å². The van der Waals surface area contributed by atoms with Gasteiger partial charge in [-0.05, 0) is 47.4 Å². The molecule has 0 bridgehead atoms. The number of hydrogen-bond donors (Lipinski definition) is 2. The highest BCUT2D eigenvalue weighted by atomic mass is 16.2. The summed E-state index contributed by atoms with van der Waals surface area (Å²) in [6, 6.07) is 16.1. The molecule has 134 valence electrons. The molecule has 5 heteroatoms. The second kappa shape index (κ2) is 8.30. The van der Waals surface area contributed by atoms with Gasteiger partial charge in [0.15, 0.2) is 0 Å². The SMILES string of the molecule is CC(C)(C)c1ccc(C(=O)NCCC(=O)Nc2ccc(C#N)cc2)cc1. The molecule has 0 aliphatic carbocycles. The fourth-order valence-corrected chi connectivity index (χ4v) is 2.36. The monoisotopic (exact) mass is 349 g/mol. The molecule has 2 amide bonds. The highest BCUT2D eigenvalue weighted by Gasteiger charge is 2.14. The summed E-state index contributed by atoms with van der Waals surface area (Å²) in [7, 11) is 0. The van der Waals surface area contributed by atoms with Gasteiger partial charge in [0, 0.05) is 24.2 Å². The van der Waals surface area contributed by atoms with Gasteiger partial charge >= 0.3 is 0 Å². The maximum absolute atomic E-state index is 12.1. The van der Waals surface area contributed by atoms with Crippen LogP contribution in [0.15, 0.2) is 48.5 Å². The van der Waals surface area contributed by atoms with Crippen molar-refractivity contribution in [2.75, 3.05) is 11.9 Å². The number of amides is 2. The average molecular weight is 349 g/mol. The molecule has 0 aliphatic heterocycles. The lowest BCUT2D eigenvalue weighted by atomic mass is 9.87. The van der Waals surface area contributed by atoms with Crippen molar-refractivity contribution in [3.8, 4) is 6.07 Å². The largest absolute Gasteiger partial charge is 0.352 e. The molecule has 2 rings (SSSR count). The minimum atomic E-state index is -0.198. The van der Waals surface area contributed by atoms with Gasteiger partial charge in [-0.2, -0.15) is 5.26 Å². The van der Waals surface area contributed by atoms with Crippen LogP contribution in [0.4, 0.5) is 5.69 Å². The van der Waals surface area contributed by atoms with Gasteiger partial charge in [0.05, 0.1) is 11.6 Å². The van der Waals surface area contributed by atoms with Crippen LogP contribution in [0.3, 0.4) is 0 Å². The number of carbonyl (C=O) groups is 2. The number of benzene rings is 2. The van der Waals surface area contributed by atoms with Crippen LogP contribution < -0.4 is 10.6 Å². The lowest BCUT2D eigenvalue weighted by Crippen LogP contribution is -2.27. The molecule has 0 atom stereocenters. The minimum absolute atomic E-state index is 0.0402. The molecule has 26 heavy (non-hydrogen) atoms. The van der Waals surface area contributed by atoms with E-state index >= 15 is 0 Å². The predicted molar refractivity (Wildman–Crippen MR) is 102 cm³/mol. The van der Waals surface area contributed by atoms with Gasteiger partial charge in [-0.25, -0.2) is 0 Å². The van der Waals surface area contributed by atoms with Gasteiger partial charge in [0.2, 0.25) is 5.91 Å². The molecule has 0 saturated carbocycles. The molecule has 2 N–H and O–H groups in total. The first-order valence-electron chi connectivity index (χ1n) is 8.48. The van der Waals surface area contributed by atoms with Gasteiger partial charge in [-0.15, -0.1) is 0 Å². The van der Waals surface area contributed by atoms with E-state index in [9.17, 15) is 9.59 Å². The van der Waals surface area contributed by atoms with Gasteiger partial charge in [-0.3, -0.25) is 9.59 Å². The summed E-state index contributed by atoms with van der Waals surface area (Å²) >= 11 is 0. The van der Waals surface area contributed by atoms with Crippen molar-refractivity contribution in [3.63, 3.8) is 0 Å². The van der Waals surface area contributed by atoms with Crippen molar-refractivity contribution in [2.45, 2.75) is 32.6 Å². The van der Waals surface area contributed by atoms with Crippen LogP contribution in [-0.2, 0) is 10.2 Å². The molecular formula is C21H23N3O2. The highest BCUT2D eigenvalue weighted by Crippen LogP contribution is 2.22. The number of hydrogen-bond acceptors (Lipinski definition) is 3. The van der Waals surface area contributed by atoms with Crippen LogP contribution >= 0.6 is 0 Å². The molecule has 0 aliphatic rings. The molecule has 2 aromatic rings. The molecule has 0 fully saturated rings. The molecule has 0 saturated heterocycles. The van der Waals surface area contributed by atoms with Crippen molar-refractivity contribution >= 4 is 17.5 Å². The van der Waals surface area contributed by atoms with E-state index in [2.05, 4.69) is 31.4 Å². The van der Waals surface area contributed by atoms with Crippen LogP contribution in [0.25, 0.3) is 0 Å². The Balaban J connectivity index is 1.80. The molecule has 0 unspecified atom stereocenters. The van der Waals surface area contributed by atoms with E-state index in [-0.39, 0.29) is 30.2 Å². The number of nitriles is 1. The Morgan fingerprint density at radius 2 is 1.62 bits per heavy atom. The number of nitrogens with one attached hydrogen (secondary N) is 2. The summed E-state index contributed by atoms with van der Waals surface area (Å²) in [5.41, 5.74) is 2.94. The van der Waals surface area contributed by atoms with E-state index in [1.54, 1.807) is 36.4 Å². The van der Waals surface area contributed by atoms with Crippen LogP contribution in [0, 0.1) is 11.3 Å². The maximum atomic E-state index is 12.1. The Morgan fingerprint density at radius 3 is 2.15 bits per heavy atom. The number of nitrogens with zero attached hydrogens (tertiary/aromatic N) is 1. The summed E-state index contributed by atoms with van der Waals surface area (Å²) in [5, 5.41) is 14.2. The Labute approximate surface area is 154 Å². The van der Waals surface area contributed by atoms with Crippen molar-refractivity contribution in [2.24, 2.45) is 0 Å². The van der Waals surface area contributed by atoms with Crippen LogP contribution in [0.1, 0.15) is 48.7 Å². The first-order valence-corrected chi connectivity index (χ1v) is 8.48. The van der Waals surface area contributed by atoms with E-state index < -0.39 is 0 Å². The third-order valence-electron chi connectivity index (χ3n) is 3.95. The topological polar surface area (TPSA) is 82.0 Å². The summed E-state index contributed by atoms with van der Waals surface area (Å²) in [6.07, 6.45) is 0.172. The van der Waals surface area contributed by atoms with Gasteiger partial charge in [0.1, 0.15) is 0 Å². The number of anilines is 1. The van der Waals surface area contributed by atoms with E-state index in [1.807, 2.05) is 18.2 Å². The van der Waals surface area contributed by atoms with Crippen LogP contribution in [0.5, 0.6) is 0 Å². The third kappa shape index (κ3) is 5.45. The fraction of sp³-hybridized carbons (Fsp3) is 0.286. The Bertz CT molecular complexity index is 810. The van der Waals surface area contributed by atoms with Gasteiger partial charge in [0.25, 0.3) is 5.91 Å². The smallest absolute Gasteiger partial charge is 0.251 e. The van der Waals surface area contributed by atoms with Crippen LogP contribution in [0.2, 0.25) is 0 Å². The summed E-state index contributed by atoms with van der Waals surface area (Å²) in [4.78, 5) is 24.1. The number of rotatable bonds is 5. The fourth-order valence-electron chi connectivity index (χ4n) is 2.36. The van der Waals surface area contributed by atoms with Gasteiger partial charge in [-0.1, -0.05) is 32.9 Å². The molecule has 5 nitrogen and oxygen atoms in total. The quantitative estimate of drug-likeness (QED) is 0.865. The third-order valence-corrected chi connectivity index (χ3v) is 3.95. The zero-order chi connectivity index (χ0) is 19.2. The predicted octanol–water partition coefficient (Wildman–Crippen LogP) is 3.61. The lowest BCUT2D eigenvalue weighted by Gasteiger charge is -2.19. The Kier molecular flexibility index (Phi) is 6.13. The molecule has 0 aromatic heterocycles. The van der Waals surface area contributed by atoms with Crippen molar-refractivity contribution in [3.05, 3.63) is 65.2 Å². The first-order chi connectivity index (χ1) is 12.3. The highest BCUT2D eigenvalue weighted by molar-refractivity contribution is 5.95. The summed E-state index contributed by atoms with van der Waals surface area (Å²) in [6.45, 7) is 6.61. The zero-order valence-electron chi connectivity index (χ0n) is 15.3. The standard InChI is InChI=1S/C21H23N3O2/c1-21(2,3)17-8-6-16(7-9-17)20(26)23-13-12-19(25)24-18-10-4-15(14-22)5-11-18/h4-11H,12-13H2,1-3H3,(H,23,26)(H,24,25). The maximum Gasteiger partial charge on any atom is 0.251 e. The van der Waals surface area contributed by atoms with E-state index in [0.717, 1.165) is 5.56 Å². The van der Waals surface area contributed by atoms with Crippen LogP contribution in [-0.4, -0.2) is 18.4 Å². The molecular weight excluding hydrogens is 326 g/mol. The second-order valence-corrected chi connectivity index (χ2v) is 7.07. The minimum Gasteiger partial charge on any atom is -0.352 e. The normalized spacial score (nSPS) is 10.7. The van der Waals surface area contributed by atoms with E-state index in [1.165, 1.54) is 0 Å². The number of carbonyl (C=O) groups excluding carboxylic acids is 2. The molecule has 2 aromatic carbocycles. The van der Waals surface area contributed by atoms with E-state index in [0.29, 0.717) is 16.8 Å². The first kappa shape index (κ1) is 19.2. The van der Waals surface area contributed by atoms with Crippen molar-refractivity contribution in [1.82, 2.24) is 5.32 Å². The zero-order valence-corrected chi connectivity index (χ0v) is 15.3. The average Bonchev–Trinajstić information content (AvgIpc) is 2.61. The van der Waals surface area contributed by atoms with Gasteiger partial charge < -0.3 is 10.6 Å². The molecule has 0 radical (unpaired) electrons. The lowest BCUT2D eigenvalue weighted by molar-refractivity contribution is -0.116. The Hall–Kier alpha value is -3.13. The second-order valence-electron chi connectivity index (χ2n) is 7.07.